The van der Waals surface area contributed by atoms with Gasteiger partial charge in [0.05, 0.1) is 17.3 Å². The van der Waals surface area contributed by atoms with Crippen LogP contribution in [0, 0.1) is 11.8 Å². The first-order chi connectivity index (χ1) is 13.9. The molecule has 4 nitrogen and oxygen atoms in total. The fourth-order valence-corrected chi connectivity index (χ4v) is 2.51. The Morgan fingerprint density at radius 2 is 1.67 bits per heavy atom. The molecule has 0 radical (unpaired) electrons. The molecule has 30 heavy (non-hydrogen) atoms. The summed E-state index contributed by atoms with van der Waals surface area (Å²) >= 11 is 0. The van der Waals surface area contributed by atoms with Gasteiger partial charge >= 0.3 is 18.4 Å². The third-order valence-corrected chi connectivity index (χ3v) is 4.06. The van der Waals surface area contributed by atoms with Crippen molar-refractivity contribution in [1.29, 1.82) is 0 Å². The molecular weight excluding hydrogens is 412 g/mol. The highest BCUT2D eigenvalue weighted by molar-refractivity contribution is 5.75. The van der Waals surface area contributed by atoms with E-state index in [0.717, 1.165) is 31.2 Å². The molecule has 0 aliphatic carbocycles. The molecule has 10 heteroatoms. The lowest BCUT2D eigenvalue weighted by Gasteiger charge is -2.23. The molecule has 2 amide bonds. The third-order valence-electron chi connectivity index (χ3n) is 4.06. The highest BCUT2D eigenvalue weighted by Gasteiger charge is 2.37. The zero-order valence-corrected chi connectivity index (χ0v) is 15.8. The van der Waals surface area contributed by atoms with Crippen LogP contribution >= 0.6 is 0 Å². The van der Waals surface area contributed by atoms with Crippen molar-refractivity contribution in [3.63, 3.8) is 0 Å². The number of rotatable bonds is 4. The summed E-state index contributed by atoms with van der Waals surface area (Å²) in [6.45, 7) is 2.32. The van der Waals surface area contributed by atoms with Crippen molar-refractivity contribution in [3.05, 3.63) is 65.0 Å². The van der Waals surface area contributed by atoms with Crippen LogP contribution in [0.5, 0.6) is 0 Å². The van der Waals surface area contributed by atoms with E-state index in [1.54, 1.807) is 24.4 Å². The van der Waals surface area contributed by atoms with Crippen molar-refractivity contribution in [2.45, 2.75) is 38.3 Å². The molecule has 0 bridgehead atoms. The van der Waals surface area contributed by atoms with Gasteiger partial charge in [-0.05, 0) is 43.7 Å². The third kappa shape index (κ3) is 5.89. The van der Waals surface area contributed by atoms with Crippen LogP contribution in [0.15, 0.2) is 42.6 Å². The summed E-state index contributed by atoms with van der Waals surface area (Å²) < 4.78 is 76.8. The molecular formula is C20H17F6N3O. The number of halogens is 6. The monoisotopic (exact) mass is 429 g/mol. The fraction of sp³-hybridized carbons (Fsp3) is 0.300. The Labute approximate surface area is 168 Å². The Hall–Kier alpha value is -3.22. The highest BCUT2D eigenvalue weighted by Crippen LogP contribution is 2.31. The molecule has 1 aromatic heterocycles. The lowest BCUT2D eigenvalue weighted by molar-refractivity contribution is -0.148. The van der Waals surface area contributed by atoms with E-state index in [2.05, 4.69) is 22.1 Å². The topological polar surface area (TPSA) is 54.0 Å². The van der Waals surface area contributed by atoms with Crippen LogP contribution in [-0.4, -0.2) is 23.2 Å². The summed E-state index contributed by atoms with van der Waals surface area (Å²) in [4.78, 5) is 16.3. The van der Waals surface area contributed by atoms with Gasteiger partial charge in [-0.1, -0.05) is 18.1 Å². The van der Waals surface area contributed by atoms with Crippen LogP contribution in [0.3, 0.4) is 0 Å². The lowest BCUT2D eigenvalue weighted by Crippen LogP contribution is -2.48. The van der Waals surface area contributed by atoms with Crippen molar-refractivity contribution in [1.82, 2.24) is 15.6 Å². The first-order valence-electron chi connectivity index (χ1n) is 8.62. The summed E-state index contributed by atoms with van der Waals surface area (Å²) in [5, 5.41) is 4.11. The number of alkyl halides is 6. The lowest BCUT2D eigenvalue weighted by atomic mass is 9.98. The highest BCUT2D eigenvalue weighted by atomic mass is 19.4. The van der Waals surface area contributed by atoms with Crippen molar-refractivity contribution < 1.29 is 31.1 Å². The SMILES string of the molecule is CC#Cc1cccnc1C(NC(=O)NC(C)C(F)(F)F)c1ccc(C(F)(F)F)cc1. The van der Waals surface area contributed by atoms with E-state index >= 15 is 0 Å². The van der Waals surface area contributed by atoms with E-state index in [9.17, 15) is 31.1 Å². The van der Waals surface area contributed by atoms with E-state index in [0.29, 0.717) is 5.56 Å². The molecule has 2 rings (SSSR count). The number of hydrogen-bond acceptors (Lipinski definition) is 2. The van der Waals surface area contributed by atoms with E-state index in [-0.39, 0.29) is 11.3 Å². The van der Waals surface area contributed by atoms with Crippen molar-refractivity contribution >= 4 is 6.03 Å². The summed E-state index contributed by atoms with van der Waals surface area (Å²) in [7, 11) is 0. The van der Waals surface area contributed by atoms with Gasteiger partial charge in [0.15, 0.2) is 0 Å². The average Bonchev–Trinajstić information content (AvgIpc) is 2.66. The predicted octanol–water partition coefficient (Wildman–Crippen LogP) is 4.81. The smallest absolute Gasteiger partial charge is 0.327 e. The molecule has 2 N–H and O–H groups in total. The zero-order chi connectivity index (χ0) is 22.5. The Bertz CT molecular complexity index is 942. The molecule has 2 atom stereocenters. The normalized spacial score (nSPS) is 13.6. The second-order valence-corrected chi connectivity index (χ2v) is 6.25. The van der Waals surface area contributed by atoms with Crippen LogP contribution in [0.2, 0.25) is 0 Å². The number of aromatic nitrogens is 1. The summed E-state index contributed by atoms with van der Waals surface area (Å²) in [5.41, 5.74) is -0.166. The molecule has 160 valence electrons. The summed E-state index contributed by atoms with van der Waals surface area (Å²) in [5.74, 6) is 5.41. The van der Waals surface area contributed by atoms with E-state index in [4.69, 9.17) is 0 Å². The number of nitrogens with one attached hydrogen (secondary N) is 2. The van der Waals surface area contributed by atoms with Gasteiger partial charge in [0.1, 0.15) is 6.04 Å². The number of carbonyl (C=O) groups excluding carboxylic acids is 1. The van der Waals surface area contributed by atoms with E-state index < -0.39 is 36.0 Å². The van der Waals surface area contributed by atoms with Crippen LogP contribution < -0.4 is 10.6 Å². The van der Waals surface area contributed by atoms with E-state index in [1.165, 1.54) is 6.20 Å². The van der Waals surface area contributed by atoms with Gasteiger partial charge in [-0.25, -0.2) is 4.79 Å². The van der Waals surface area contributed by atoms with Crippen LogP contribution in [-0.2, 0) is 6.18 Å². The number of benzene rings is 1. The largest absolute Gasteiger partial charge is 0.416 e. The molecule has 0 aliphatic heterocycles. The minimum absolute atomic E-state index is 0.182. The van der Waals surface area contributed by atoms with Gasteiger partial charge < -0.3 is 10.6 Å². The molecule has 1 aromatic carbocycles. The molecule has 0 fully saturated rings. The molecule has 0 saturated carbocycles. The quantitative estimate of drug-likeness (QED) is 0.541. The maximum atomic E-state index is 12.9. The molecule has 0 aliphatic rings. The van der Waals surface area contributed by atoms with Gasteiger partial charge in [0.25, 0.3) is 0 Å². The number of amides is 2. The molecule has 1 heterocycles. The van der Waals surface area contributed by atoms with Gasteiger partial charge in [0, 0.05) is 11.8 Å². The Morgan fingerprint density at radius 3 is 2.20 bits per heavy atom. The number of hydrogen-bond donors (Lipinski definition) is 2. The van der Waals surface area contributed by atoms with E-state index in [1.807, 2.05) is 0 Å². The van der Waals surface area contributed by atoms with Gasteiger partial charge in [-0.15, -0.1) is 5.92 Å². The van der Waals surface area contributed by atoms with Gasteiger partial charge in [-0.3, -0.25) is 4.98 Å². The zero-order valence-electron chi connectivity index (χ0n) is 15.8. The second-order valence-electron chi connectivity index (χ2n) is 6.25. The second kappa shape index (κ2) is 9.07. The minimum Gasteiger partial charge on any atom is -0.327 e. The number of urea groups is 1. The molecule has 2 aromatic rings. The van der Waals surface area contributed by atoms with Gasteiger partial charge in [0.2, 0.25) is 0 Å². The van der Waals surface area contributed by atoms with Crippen LogP contribution in [0.1, 0.15) is 42.3 Å². The number of pyridine rings is 1. The molecule has 0 spiro atoms. The van der Waals surface area contributed by atoms with Crippen molar-refractivity contribution in [3.8, 4) is 11.8 Å². The number of carbonyl (C=O) groups is 1. The minimum atomic E-state index is -4.66. The van der Waals surface area contributed by atoms with Crippen LogP contribution in [0.4, 0.5) is 31.1 Å². The molecule has 2 unspecified atom stereocenters. The van der Waals surface area contributed by atoms with Crippen LogP contribution in [0.25, 0.3) is 0 Å². The summed E-state index contributed by atoms with van der Waals surface area (Å²) in [6.07, 6.45) is -7.85. The van der Waals surface area contributed by atoms with Crippen molar-refractivity contribution in [2.24, 2.45) is 0 Å². The first-order valence-corrected chi connectivity index (χ1v) is 8.62. The fourth-order valence-electron chi connectivity index (χ4n) is 2.51. The molecule has 0 saturated heterocycles. The van der Waals surface area contributed by atoms with Gasteiger partial charge in [-0.2, -0.15) is 26.3 Å². The first kappa shape index (κ1) is 23.1. The summed E-state index contributed by atoms with van der Waals surface area (Å²) in [6, 6.07) is 2.59. The Kier molecular flexibility index (Phi) is 6.97. The van der Waals surface area contributed by atoms with Crippen molar-refractivity contribution in [2.75, 3.05) is 0 Å². The number of nitrogens with zero attached hydrogens (tertiary/aromatic N) is 1. The Balaban J connectivity index is 2.43. The standard InChI is InChI=1S/C20H17F6N3O/c1-3-5-13-6-4-11-27-16(13)17(29-18(30)28-12(2)19(21,22)23)14-7-9-15(10-8-14)20(24,25)26/h4,6-12,17H,1-2H3,(H2,28,29,30). The Morgan fingerprint density at radius 1 is 1.03 bits per heavy atom. The maximum Gasteiger partial charge on any atom is 0.416 e. The average molecular weight is 429 g/mol. The predicted molar refractivity (Wildman–Crippen MR) is 97.3 cm³/mol. The maximum absolute atomic E-state index is 12.9.